The third-order valence-electron chi connectivity index (χ3n) is 7.35. The van der Waals surface area contributed by atoms with Crippen LogP contribution in [-0.2, 0) is 13.0 Å². The molecule has 0 aliphatic heterocycles. The molecule has 3 N–H and O–H groups in total. The molecule has 0 aliphatic carbocycles. The molecule has 0 bridgehead atoms. The van der Waals surface area contributed by atoms with Crippen LogP contribution in [0.15, 0.2) is 83.3 Å². The highest BCUT2D eigenvalue weighted by Gasteiger charge is 2.25. The van der Waals surface area contributed by atoms with Crippen LogP contribution < -0.4 is 10.6 Å². The van der Waals surface area contributed by atoms with Crippen LogP contribution in [0, 0.1) is 24.2 Å². The number of carbonyl (C=O) groups excluding carboxylic acids is 1. The van der Waals surface area contributed by atoms with Gasteiger partial charge in [0.15, 0.2) is 0 Å². The van der Waals surface area contributed by atoms with E-state index in [0.29, 0.717) is 41.3 Å². The zero-order chi connectivity index (χ0) is 30.2. The van der Waals surface area contributed by atoms with Gasteiger partial charge in [-0.25, -0.2) is 0 Å². The number of carbonyl (C=O) groups is 1. The lowest BCUT2D eigenvalue weighted by Gasteiger charge is -2.26. The van der Waals surface area contributed by atoms with Crippen LogP contribution in [0.25, 0.3) is 11.3 Å². The molecule has 1 amide bonds. The number of furan rings is 1. The summed E-state index contributed by atoms with van der Waals surface area (Å²) in [6, 6.07) is 26.4. The topological polar surface area (TPSA) is 98.3 Å². The maximum atomic E-state index is 13.5. The van der Waals surface area contributed by atoms with E-state index >= 15 is 0 Å². The van der Waals surface area contributed by atoms with Crippen molar-refractivity contribution < 1.29 is 14.3 Å². The number of aliphatic hydroxyl groups excluding tert-OH is 1. The number of rotatable bonds is 12. The fourth-order valence-electron chi connectivity index (χ4n) is 4.85. The zero-order valence-corrected chi connectivity index (χ0v) is 25.3. The van der Waals surface area contributed by atoms with E-state index in [9.17, 15) is 9.90 Å². The van der Waals surface area contributed by atoms with E-state index in [0.717, 1.165) is 16.9 Å². The van der Waals surface area contributed by atoms with E-state index in [4.69, 9.17) is 21.3 Å². The monoisotopic (exact) mass is 583 g/mol. The Hall–Kier alpha value is -3.89. The summed E-state index contributed by atoms with van der Waals surface area (Å²) >= 11 is 6.48. The molecule has 0 saturated carbocycles. The SMILES string of the molecule is Cc1ccc([C@@H](C)NCc2ccc(-c3ccc(Cl)c(C(=O)N[C@H](Cc4ccc(C#N)cc4)[C@H](O)CC(C)C)c3)o2)cc1. The molecule has 7 heteroatoms. The molecule has 4 aromatic rings. The molecule has 6 nitrogen and oxygen atoms in total. The van der Waals surface area contributed by atoms with Crippen LogP contribution in [0.2, 0.25) is 5.02 Å². The van der Waals surface area contributed by atoms with E-state index in [1.54, 1.807) is 24.3 Å². The first-order chi connectivity index (χ1) is 20.1. The fraction of sp³-hybridized carbons (Fsp3) is 0.314. The Balaban J connectivity index is 1.47. The van der Waals surface area contributed by atoms with Gasteiger partial charge in [-0.05, 0) is 86.2 Å². The maximum absolute atomic E-state index is 13.5. The Morgan fingerprint density at radius 2 is 1.71 bits per heavy atom. The summed E-state index contributed by atoms with van der Waals surface area (Å²) in [4.78, 5) is 13.5. The quantitative estimate of drug-likeness (QED) is 0.162. The number of benzene rings is 3. The number of hydrogen-bond acceptors (Lipinski definition) is 5. The van der Waals surface area contributed by atoms with Crippen molar-refractivity contribution in [2.75, 3.05) is 0 Å². The minimum absolute atomic E-state index is 0.160. The molecule has 1 heterocycles. The predicted molar refractivity (Wildman–Crippen MR) is 167 cm³/mol. The number of hydrogen-bond donors (Lipinski definition) is 3. The van der Waals surface area contributed by atoms with Gasteiger partial charge in [-0.1, -0.05) is 67.4 Å². The minimum Gasteiger partial charge on any atom is -0.460 e. The molecule has 42 heavy (non-hydrogen) atoms. The molecule has 0 spiro atoms. The van der Waals surface area contributed by atoms with Crippen molar-refractivity contribution in [3.8, 4) is 17.4 Å². The summed E-state index contributed by atoms with van der Waals surface area (Å²) in [5.74, 6) is 1.29. The highest BCUT2D eigenvalue weighted by Crippen LogP contribution is 2.28. The van der Waals surface area contributed by atoms with Crippen molar-refractivity contribution >= 4 is 17.5 Å². The van der Waals surface area contributed by atoms with E-state index in [1.165, 1.54) is 11.1 Å². The summed E-state index contributed by atoms with van der Waals surface area (Å²) in [6.07, 6.45) is 0.188. The molecular weight excluding hydrogens is 546 g/mol. The van der Waals surface area contributed by atoms with Crippen LogP contribution >= 0.6 is 11.6 Å². The Morgan fingerprint density at radius 3 is 2.38 bits per heavy atom. The number of nitrogens with one attached hydrogen (secondary N) is 2. The van der Waals surface area contributed by atoms with Crippen LogP contribution in [0.1, 0.15) is 71.6 Å². The molecule has 4 rings (SSSR count). The highest BCUT2D eigenvalue weighted by atomic mass is 35.5. The van der Waals surface area contributed by atoms with Crippen LogP contribution in [-0.4, -0.2) is 23.2 Å². The van der Waals surface area contributed by atoms with Gasteiger partial charge in [0.25, 0.3) is 5.91 Å². The smallest absolute Gasteiger partial charge is 0.253 e. The summed E-state index contributed by atoms with van der Waals surface area (Å²) in [7, 11) is 0. The lowest BCUT2D eigenvalue weighted by molar-refractivity contribution is 0.0780. The second-order valence-corrected chi connectivity index (χ2v) is 11.7. The normalized spacial score (nSPS) is 13.4. The van der Waals surface area contributed by atoms with Gasteiger partial charge in [0, 0.05) is 11.6 Å². The molecule has 218 valence electrons. The third kappa shape index (κ3) is 8.33. The molecule has 0 unspecified atom stereocenters. The first-order valence-electron chi connectivity index (χ1n) is 14.3. The largest absolute Gasteiger partial charge is 0.460 e. The first kappa shape index (κ1) is 31.1. The van der Waals surface area contributed by atoms with Crippen molar-refractivity contribution in [3.63, 3.8) is 0 Å². The van der Waals surface area contributed by atoms with Crippen molar-refractivity contribution in [1.29, 1.82) is 5.26 Å². The summed E-state index contributed by atoms with van der Waals surface area (Å²) in [5.41, 5.74) is 4.94. The van der Waals surface area contributed by atoms with Gasteiger partial charge >= 0.3 is 0 Å². The Labute approximate surface area is 253 Å². The molecule has 3 atom stereocenters. The average molecular weight is 584 g/mol. The van der Waals surface area contributed by atoms with Gasteiger partial charge in [0.1, 0.15) is 11.5 Å². The van der Waals surface area contributed by atoms with E-state index < -0.39 is 12.1 Å². The van der Waals surface area contributed by atoms with E-state index in [1.807, 2.05) is 44.2 Å². The molecular formula is C35H38ClN3O3. The van der Waals surface area contributed by atoms with Gasteiger partial charge in [0.05, 0.1) is 40.9 Å². The molecule has 0 fully saturated rings. The Bertz CT molecular complexity index is 1520. The molecule has 3 aromatic carbocycles. The maximum Gasteiger partial charge on any atom is 0.253 e. The predicted octanol–water partition coefficient (Wildman–Crippen LogP) is 7.38. The standard InChI is InChI=1S/C35H38ClN3O3/c1-22(2)17-33(40)32(18-25-7-9-26(20-37)10-8-25)39-35(41)30-19-28(13-15-31(30)36)34-16-14-29(42-34)21-38-24(4)27-11-5-23(3)6-12-27/h5-16,19,22,24,32-33,38,40H,17-18,21H2,1-4H3,(H,39,41)/t24-,32-,33-/m1/s1. The first-order valence-corrected chi connectivity index (χ1v) is 14.7. The van der Waals surface area contributed by atoms with Crippen LogP contribution in [0.3, 0.4) is 0 Å². The summed E-state index contributed by atoms with van der Waals surface area (Å²) < 4.78 is 6.11. The number of halogens is 1. The molecule has 0 saturated heterocycles. The van der Waals surface area contributed by atoms with Crippen molar-refractivity contribution in [2.24, 2.45) is 5.92 Å². The van der Waals surface area contributed by atoms with Crippen LogP contribution in [0.5, 0.6) is 0 Å². The number of nitrogens with zero attached hydrogens (tertiary/aromatic N) is 1. The van der Waals surface area contributed by atoms with Gasteiger partial charge in [-0.15, -0.1) is 0 Å². The number of aryl methyl sites for hydroxylation is 1. The molecule has 0 aliphatic rings. The van der Waals surface area contributed by atoms with Gasteiger partial charge in [-0.2, -0.15) is 5.26 Å². The van der Waals surface area contributed by atoms with E-state index in [2.05, 4.69) is 54.8 Å². The second kappa shape index (κ2) is 14.3. The highest BCUT2D eigenvalue weighted by molar-refractivity contribution is 6.34. The zero-order valence-electron chi connectivity index (χ0n) is 24.5. The lowest BCUT2D eigenvalue weighted by atomic mass is 9.94. The number of nitriles is 1. The molecule has 1 aromatic heterocycles. The van der Waals surface area contributed by atoms with Crippen molar-refractivity contribution in [3.05, 3.63) is 117 Å². The lowest BCUT2D eigenvalue weighted by Crippen LogP contribution is -2.45. The Morgan fingerprint density at radius 1 is 1.00 bits per heavy atom. The number of amides is 1. The minimum atomic E-state index is -0.756. The third-order valence-corrected chi connectivity index (χ3v) is 7.68. The second-order valence-electron chi connectivity index (χ2n) is 11.3. The van der Waals surface area contributed by atoms with Gasteiger partial charge in [-0.3, -0.25) is 4.79 Å². The van der Waals surface area contributed by atoms with Crippen molar-refractivity contribution in [1.82, 2.24) is 10.6 Å². The molecule has 0 radical (unpaired) electrons. The summed E-state index contributed by atoms with van der Waals surface area (Å²) in [5, 5.41) is 26.9. The van der Waals surface area contributed by atoms with Crippen molar-refractivity contribution in [2.45, 2.75) is 65.3 Å². The van der Waals surface area contributed by atoms with Crippen LogP contribution in [0.4, 0.5) is 0 Å². The Kier molecular flexibility index (Phi) is 10.6. The fourth-order valence-corrected chi connectivity index (χ4v) is 5.06. The van der Waals surface area contributed by atoms with Gasteiger partial charge < -0.3 is 20.2 Å². The van der Waals surface area contributed by atoms with E-state index in [-0.39, 0.29) is 17.9 Å². The summed E-state index contributed by atoms with van der Waals surface area (Å²) in [6.45, 7) is 8.80. The van der Waals surface area contributed by atoms with Gasteiger partial charge in [0.2, 0.25) is 0 Å². The number of aliphatic hydroxyl groups is 1. The average Bonchev–Trinajstić information content (AvgIpc) is 3.45.